The highest BCUT2D eigenvalue weighted by atomic mass is 32.2. The Kier molecular flexibility index (Phi) is 6.93. The van der Waals surface area contributed by atoms with Crippen LogP contribution in [0, 0.1) is 0 Å². The van der Waals surface area contributed by atoms with Crippen molar-refractivity contribution in [2.24, 2.45) is 0 Å². The van der Waals surface area contributed by atoms with Gasteiger partial charge in [0, 0.05) is 26.2 Å². The molecule has 0 spiro atoms. The Labute approximate surface area is 156 Å². The van der Waals surface area contributed by atoms with Crippen LogP contribution in [0.1, 0.15) is 24.8 Å². The Hall–Kier alpha value is -2.01. The summed E-state index contributed by atoms with van der Waals surface area (Å²) in [6, 6.07) is 2.67. The van der Waals surface area contributed by atoms with Gasteiger partial charge in [-0.1, -0.05) is 0 Å². The van der Waals surface area contributed by atoms with Crippen LogP contribution >= 0.6 is 0 Å². The predicted molar refractivity (Wildman–Crippen MR) is 97.4 cm³/mol. The fourth-order valence-corrected chi connectivity index (χ4v) is 3.28. The minimum atomic E-state index is -4.51. The summed E-state index contributed by atoms with van der Waals surface area (Å²) in [5.41, 5.74) is -0.189. The van der Waals surface area contributed by atoms with E-state index in [0.717, 1.165) is 44.3 Å². The third-order valence-corrected chi connectivity index (χ3v) is 4.75. The van der Waals surface area contributed by atoms with Crippen LogP contribution in [-0.2, 0) is 16.2 Å². The number of anilines is 2. The van der Waals surface area contributed by atoms with Gasteiger partial charge in [-0.3, -0.25) is 0 Å². The van der Waals surface area contributed by atoms with E-state index in [2.05, 4.69) is 15.4 Å². The van der Waals surface area contributed by atoms with E-state index in [1.165, 1.54) is 6.07 Å². The molecule has 1 heterocycles. The number of carbonyl (C=O) groups is 1. The zero-order valence-corrected chi connectivity index (χ0v) is 15.7. The highest BCUT2D eigenvalue weighted by Crippen LogP contribution is 2.36. The number of halogens is 3. The molecular formula is C16H23F3N4O3S. The average molecular weight is 408 g/mol. The second-order valence-electron chi connectivity index (χ2n) is 6.32. The highest BCUT2D eigenvalue weighted by Gasteiger charge is 2.32. The van der Waals surface area contributed by atoms with Crippen molar-refractivity contribution in [3.05, 3.63) is 23.8 Å². The number of rotatable bonds is 7. The van der Waals surface area contributed by atoms with Crippen LogP contribution in [0.25, 0.3) is 0 Å². The van der Waals surface area contributed by atoms with Crippen LogP contribution in [0.4, 0.5) is 29.3 Å². The lowest BCUT2D eigenvalue weighted by atomic mass is 10.1. The minimum absolute atomic E-state index is 0.0958. The number of hydrogen-bond acceptors (Lipinski definition) is 4. The lowest BCUT2D eigenvalue weighted by Crippen LogP contribution is -2.33. The summed E-state index contributed by atoms with van der Waals surface area (Å²) in [6.07, 6.45) is -1.24. The summed E-state index contributed by atoms with van der Waals surface area (Å²) in [4.78, 5) is 14.0. The van der Waals surface area contributed by atoms with E-state index < -0.39 is 27.8 Å². The highest BCUT2D eigenvalue weighted by molar-refractivity contribution is 7.88. The second kappa shape index (κ2) is 8.79. The SMILES string of the molecule is CS(=O)(=O)NCCCNC(=O)Nc1cc(C(F)(F)F)ccc1N1CCCC1. The van der Waals surface area contributed by atoms with Crippen LogP contribution in [0.15, 0.2) is 18.2 Å². The van der Waals surface area contributed by atoms with E-state index >= 15 is 0 Å². The van der Waals surface area contributed by atoms with Gasteiger partial charge in [-0.05, 0) is 37.5 Å². The van der Waals surface area contributed by atoms with E-state index in [1.54, 1.807) is 0 Å². The van der Waals surface area contributed by atoms with Gasteiger partial charge in [-0.15, -0.1) is 0 Å². The van der Waals surface area contributed by atoms with Gasteiger partial charge in [0.25, 0.3) is 0 Å². The molecular weight excluding hydrogens is 385 g/mol. The van der Waals surface area contributed by atoms with Crippen LogP contribution in [0.5, 0.6) is 0 Å². The summed E-state index contributed by atoms with van der Waals surface area (Å²) in [5.74, 6) is 0. The van der Waals surface area contributed by atoms with Crippen molar-refractivity contribution in [1.82, 2.24) is 10.0 Å². The number of nitrogens with one attached hydrogen (secondary N) is 3. The first-order chi connectivity index (χ1) is 12.6. The van der Waals surface area contributed by atoms with Crippen molar-refractivity contribution >= 4 is 27.4 Å². The Morgan fingerprint density at radius 3 is 2.44 bits per heavy atom. The van der Waals surface area contributed by atoms with Gasteiger partial charge >= 0.3 is 12.2 Å². The quantitative estimate of drug-likeness (QED) is 0.604. The minimum Gasteiger partial charge on any atom is -0.370 e. The molecule has 1 aliphatic heterocycles. The van der Waals surface area contributed by atoms with Gasteiger partial charge in [0.1, 0.15) is 0 Å². The van der Waals surface area contributed by atoms with Crippen LogP contribution in [-0.4, -0.2) is 46.9 Å². The number of urea groups is 1. The maximum atomic E-state index is 13.0. The van der Waals surface area contributed by atoms with Gasteiger partial charge in [-0.25, -0.2) is 17.9 Å². The molecule has 0 radical (unpaired) electrons. The first-order valence-corrected chi connectivity index (χ1v) is 10.4. The molecule has 1 fully saturated rings. The zero-order valence-electron chi connectivity index (χ0n) is 14.9. The normalized spacial score (nSPS) is 15.0. The molecule has 0 atom stereocenters. The average Bonchev–Trinajstić information content (AvgIpc) is 3.06. The molecule has 3 N–H and O–H groups in total. The molecule has 27 heavy (non-hydrogen) atoms. The largest absolute Gasteiger partial charge is 0.416 e. The van der Waals surface area contributed by atoms with Gasteiger partial charge in [0.15, 0.2) is 0 Å². The molecule has 2 rings (SSSR count). The van der Waals surface area contributed by atoms with E-state index in [0.29, 0.717) is 12.1 Å². The molecule has 0 aliphatic carbocycles. The predicted octanol–water partition coefficient (Wildman–Crippen LogP) is 2.37. The van der Waals surface area contributed by atoms with Crippen molar-refractivity contribution in [2.45, 2.75) is 25.4 Å². The molecule has 1 saturated heterocycles. The fraction of sp³-hybridized carbons (Fsp3) is 0.562. The zero-order chi connectivity index (χ0) is 20.1. The molecule has 0 aromatic heterocycles. The molecule has 152 valence electrons. The maximum Gasteiger partial charge on any atom is 0.416 e. The Morgan fingerprint density at radius 1 is 1.19 bits per heavy atom. The number of amides is 2. The number of carbonyl (C=O) groups excluding carboxylic acids is 1. The van der Waals surface area contributed by atoms with E-state index in [4.69, 9.17) is 0 Å². The number of nitrogens with zero attached hydrogens (tertiary/aromatic N) is 1. The number of alkyl halides is 3. The lowest BCUT2D eigenvalue weighted by Gasteiger charge is -2.23. The third-order valence-electron chi connectivity index (χ3n) is 4.02. The van der Waals surface area contributed by atoms with Crippen LogP contribution in [0.2, 0.25) is 0 Å². The van der Waals surface area contributed by atoms with Crippen molar-refractivity contribution in [3.63, 3.8) is 0 Å². The fourth-order valence-electron chi connectivity index (χ4n) is 2.76. The van der Waals surface area contributed by atoms with Crippen LogP contribution < -0.4 is 20.3 Å². The second-order valence-corrected chi connectivity index (χ2v) is 8.16. The number of sulfonamides is 1. The number of benzene rings is 1. The molecule has 11 heteroatoms. The molecule has 7 nitrogen and oxygen atoms in total. The number of hydrogen-bond donors (Lipinski definition) is 3. The van der Waals surface area contributed by atoms with Gasteiger partial charge in [0.05, 0.1) is 23.2 Å². The monoisotopic (exact) mass is 408 g/mol. The summed E-state index contributed by atoms with van der Waals surface area (Å²) in [5, 5.41) is 4.99. The van der Waals surface area contributed by atoms with Crippen molar-refractivity contribution < 1.29 is 26.4 Å². The third kappa shape index (κ3) is 6.90. The molecule has 0 bridgehead atoms. The first-order valence-electron chi connectivity index (χ1n) is 8.52. The summed E-state index contributed by atoms with van der Waals surface area (Å²) in [6.45, 7) is 1.77. The van der Waals surface area contributed by atoms with E-state index in [1.807, 2.05) is 4.90 Å². The van der Waals surface area contributed by atoms with E-state index in [-0.39, 0.29) is 18.8 Å². The summed E-state index contributed by atoms with van der Waals surface area (Å²) >= 11 is 0. The van der Waals surface area contributed by atoms with Crippen molar-refractivity contribution in [3.8, 4) is 0 Å². The molecule has 0 unspecified atom stereocenters. The standard InChI is InChI=1S/C16H23F3N4O3S/c1-27(25,26)21-8-4-7-20-15(24)22-13-11-12(16(17,18)19)5-6-14(13)23-9-2-3-10-23/h5-6,11,21H,2-4,7-10H2,1H3,(H2,20,22,24). The van der Waals surface area contributed by atoms with Gasteiger partial charge in [-0.2, -0.15) is 13.2 Å². The van der Waals surface area contributed by atoms with Crippen molar-refractivity contribution in [1.29, 1.82) is 0 Å². The topological polar surface area (TPSA) is 90.5 Å². The molecule has 0 saturated carbocycles. The van der Waals surface area contributed by atoms with Gasteiger partial charge in [0.2, 0.25) is 10.0 Å². The molecule has 1 aromatic rings. The first kappa shape index (κ1) is 21.3. The molecule has 2 amide bonds. The maximum absolute atomic E-state index is 13.0. The summed E-state index contributed by atoms with van der Waals surface area (Å²) in [7, 11) is -3.30. The smallest absolute Gasteiger partial charge is 0.370 e. The lowest BCUT2D eigenvalue weighted by molar-refractivity contribution is -0.137. The Bertz CT molecular complexity index is 763. The molecule has 1 aliphatic rings. The van der Waals surface area contributed by atoms with Crippen LogP contribution in [0.3, 0.4) is 0 Å². The van der Waals surface area contributed by atoms with Crippen molar-refractivity contribution in [2.75, 3.05) is 42.7 Å². The van der Waals surface area contributed by atoms with E-state index in [9.17, 15) is 26.4 Å². The van der Waals surface area contributed by atoms with Gasteiger partial charge < -0.3 is 15.5 Å². The molecule has 1 aromatic carbocycles. The Balaban J connectivity index is 2.00. The Morgan fingerprint density at radius 2 is 1.85 bits per heavy atom. The summed E-state index contributed by atoms with van der Waals surface area (Å²) < 4.78 is 63.2.